The summed E-state index contributed by atoms with van der Waals surface area (Å²) in [6, 6.07) is 16.8. The van der Waals surface area contributed by atoms with Gasteiger partial charge in [0.1, 0.15) is 5.75 Å². The van der Waals surface area contributed by atoms with Gasteiger partial charge in [-0.25, -0.2) is 4.79 Å². The van der Waals surface area contributed by atoms with Crippen LogP contribution in [0.1, 0.15) is 24.1 Å². The number of ether oxygens (including phenoxy) is 2. The zero-order valence-electron chi connectivity index (χ0n) is 14.6. The highest BCUT2D eigenvalue weighted by Gasteiger charge is 2.32. The third-order valence-corrected chi connectivity index (χ3v) is 4.30. The Bertz CT molecular complexity index is 832. The van der Waals surface area contributed by atoms with Gasteiger partial charge in [-0.05, 0) is 54.5 Å². The zero-order chi connectivity index (χ0) is 18.5. The van der Waals surface area contributed by atoms with Crippen molar-refractivity contribution in [3.63, 3.8) is 0 Å². The first-order chi connectivity index (χ1) is 12.6. The molecule has 0 radical (unpaired) electrons. The summed E-state index contributed by atoms with van der Waals surface area (Å²) in [5, 5.41) is 6.76. The number of rotatable bonds is 5. The Balaban J connectivity index is 2.14. The number of thiocarbonyl (C=S) groups is 1. The number of esters is 1. The first-order valence-electron chi connectivity index (χ1n) is 8.32. The van der Waals surface area contributed by atoms with Crippen molar-refractivity contribution in [2.45, 2.75) is 13.0 Å². The molecule has 0 saturated carbocycles. The van der Waals surface area contributed by atoms with Crippen molar-refractivity contribution >= 4 is 29.0 Å². The lowest BCUT2D eigenvalue weighted by Crippen LogP contribution is -2.45. The van der Waals surface area contributed by atoms with E-state index in [2.05, 4.69) is 10.6 Å². The minimum atomic E-state index is -0.388. The molecular weight excluding hydrogens is 348 g/mol. The van der Waals surface area contributed by atoms with Crippen LogP contribution >= 0.6 is 12.2 Å². The van der Waals surface area contributed by atoms with Crippen LogP contribution in [0.15, 0.2) is 60.2 Å². The van der Waals surface area contributed by atoms with Crippen molar-refractivity contribution in [1.82, 2.24) is 10.6 Å². The Morgan fingerprint density at radius 2 is 1.81 bits per heavy atom. The fourth-order valence-electron chi connectivity index (χ4n) is 2.87. The van der Waals surface area contributed by atoms with Gasteiger partial charge < -0.3 is 20.1 Å². The maximum Gasteiger partial charge on any atom is 0.338 e. The molecule has 1 unspecified atom stereocenters. The summed E-state index contributed by atoms with van der Waals surface area (Å²) in [5.74, 6) is 0.359. The standard InChI is InChI=1S/C20H20N2O3S/c1-3-25-19(23)16-17(13-7-5-4-6-8-13)21-20(26)22-18(16)14-9-11-15(24-2)12-10-14/h4-12,17H,3H2,1-2H3,(H2,21,22,26). The van der Waals surface area contributed by atoms with Crippen LogP contribution in [0, 0.1) is 0 Å². The van der Waals surface area contributed by atoms with Crippen molar-refractivity contribution in [2.75, 3.05) is 13.7 Å². The number of carbonyl (C=O) groups excluding carboxylic acids is 1. The second-order valence-corrected chi connectivity index (χ2v) is 6.09. The topological polar surface area (TPSA) is 59.6 Å². The summed E-state index contributed by atoms with van der Waals surface area (Å²) in [6.07, 6.45) is 0. The molecule has 134 valence electrons. The van der Waals surface area contributed by atoms with Crippen LogP contribution in [-0.2, 0) is 9.53 Å². The SMILES string of the molecule is CCOC(=O)C1=C(c2ccc(OC)cc2)NC(=S)NC1c1ccccc1. The molecule has 1 atom stereocenters. The Kier molecular flexibility index (Phi) is 5.53. The molecule has 6 heteroatoms. The fraction of sp³-hybridized carbons (Fsp3) is 0.200. The molecule has 0 aromatic heterocycles. The average molecular weight is 368 g/mol. The summed E-state index contributed by atoms with van der Waals surface area (Å²) >= 11 is 5.38. The van der Waals surface area contributed by atoms with Crippen molar-refractivity contribution in [1.29, 1.82) is 0 Å². The van der Waals surface area contributed by atoms with Crippen LogP contribution in [0.5, 0.6) is 5.75 Å². The Labute approximate surface area is 158 Å². The third-order valence-electron chi connectivity index (χ3n) is 4.08. The molecule has 26 heavy (non-hydrogen) atoms. The molecule has 1 heterocycles. The highest BCUT2D eigenvalue weighted by Crippen LogP contribution is 2.32. The number of carbonyl (C=O) groups is 1. The zero-order valence-corrected chi connectivity index (χ0v) is 15.4. The van der Waals surface area contributed by atoms with Gasteiger partial charge in [0.25, 0.3) is 0 Å². The Morgan fingerprint density at radius 3 is 2.42 bits per heavy atom. The molecule has 0 saturated heterocycles. The number of methoxy groups -OCH3 is 1. The average Bonchev–Trinajstić information content (AvgIpc) is 2.68. The van der Waals surface area contributed by atoms with Gasteiger partial charge in [0.15, 0.2) is 5.11 Å². The van der Waals surface area contributed by atoms with E-state index >= 15 is 0 Å². The first kappa shape index (κ1) is 17.9. The first-order valence-corrected chi connectivity index (χ1v) is 8.73. The van der Waals surface area contributed by atoms with E-state index in [4.69, 9.17) is 21.7 Å². The predicted molar refractivity (Wildman–Crippen MR) is 105 cm³/mol. The lowest BCUT2D eigenvalue weighted by atomic mass is 9.93. The van der Waals surface area contributed by atoms with Crippen LogP contribution in [0.4, 0.5) is 0 Å². The van der Waals surface area contributed by atoms with E-state index in [9.17, 15) is 4.79 Å². The van der Waals surface area contributed by atoms with Crippen LogP contribution < -0.4 is 15.4 Å². The second kappa shape index (κ2) is 8.01. The molecule has 2 N–H and O–H groups in total. The summed E-state index contributed by atoms with van der Waals surface area (Å²) in [5.41, 5.74) is 2.91. The highest BCUT2D eigenvalue weighted by molar-refractivity contribution is 7.80. The predicted octanol–water partition coefficient (Wildman–Crippen LogP) is 3.19. The summed E-state index contributed by atoms with van der Waals surface area (Å²) < 4.78 is 10.5. The fourth-order valence-corrected chi connectivity index (χ4v) is 3.09. The van der Waals surface area contributed by atoms with Crippen LogP contribution in [0.3, 0.4) is 0 Å². The van der Waals surface area contributed by atoms with Gasteiger partial charge in [-0.3, -0.25) is 0 Å². The Morgan fingerprint density at radius 1 is 1.12 bits per heavy atom. The molecule has 0 bridgehead atoms. The minimum absolute atomic E-state index is 0.296. The van der Waals surface area contributed by atoms with Gasteiger partial charge >= 0.3 is 5.97 Å². The van der Waals surface area contributed by atoms with E-state index in [1.165, 1.54) is 0 Å². The van der Waals surface area contributed by atoms with Crippen molar-refractivity contribution < 1.29 is 14.3 Å². The minimum Gasteiger partial charge on any atom is -0.497 e. The maximum absolute atomic E-state index is 12.8. The van der Waals surface area contributed by atoms with Crippen LogP contribution in [0.2, 0.25) is 0 Å². The lowest BCUT2D eigenvalue weighted by Gasteiger charge is -2.31. The van der Waals surface area contributed by atoms with Gasteiger partial charge in [-0.1, -0.05) is 30.3 Å². The van der Waals surface area contributed by atoms with Gasteiger partial charge in [0.2, 0.25) is 0 Å². The summed E-state index contributed by atoms with van der Waals surface area (Å²) in [7, 11) is 1.61. The normalized spacial score (nSPS) is 16.5. The largest absolute Gasteiger partial charge is 0.497 e. The number of nitrogens with one attached hydrogen (secondary N) is 2. The molecule has 3 rings (SSSR count). The number of benzene rings is 2. The van der Waals surface area contributed by atoms with E-state index in [1.54, 1.807) is 14.0 Å². The van der Waals surface area contributed by atoms with E-state index < -0.39 is 0 Å². The smallest absolute Gasteiger partial charge is 0.338 e. The van der Waals surface area contributed by atoms with Crippen molar-refractivity contribution in [3.8, 4) is 5.75 Å². The monoisotopic (exact) mass is 368 g/mol. The van der Waals surface area contributed by atoms with E-state index in [1.807, 2.05) is 54.6 Å². The Hall–Kier alpha value is -2.86. The highest BCUT2D eigenvalue weighted by atomic mass is 32.1. The molecular formula is C20H20N2O3S. The molecule has 2 aromatic carbocycles. The van der Waals surface area contributed by atoms with Crippen LogP contribution in [-0.4, -0.2) is 24.8 Å². The molecule has 2 aromatic rings. The van der Waals surface area contributed by atoms with Crippen molar-refractivity contribution in [2.24, 2.45) is 0 Å². The van der Waals surface area contributed by atoms with Crippen molar-refractivity contribution in [3.05, 3.63) is 71.3 Å². The van der Waals surface area contributed by atoms with E-state index in [-0.39, 0.29) is 12.0 Å². The van der Waals surface area contributed by atoms with Gasteiger partial charge in [-0.15, -0.1) is 0 Å². The second-order valence-electron chi connectivity index (χ2n) is 5.68. The molecule has 5 nitrogen and oxygen atoms in total. The molecule has 1 aliphatic rings. The molecule has 0 aliphatic carbocycles. The summed E-state index contributed by atoms with van der Waals surface area (Å²) in [6.45, 7) is 2.08. The molecule has 0 fully saturated rings. The van der Waals surface area contributed by atoms with E-state index in [0.717, 1.165) is 16.9 Å². The van der Waals surface area contributed by atoms with Gasteiger partial charge in [-0.2, -0.15) is 0 Å². The van der Waals surface area contributed by atoms with E-state index in [0.29, 0.717) is 23.0 Å². The molecule has 0 amide bonds. The van der Waals surface area contributed by atoms with Crippen LogP contribution in [0.25, 0.3) is 5.70 Å². The maximum atomic E-state index is 12.8. The number of hydrogen-bond acceptors (Lipinski definition) is 4. The van der Waals surface area contributed by atoms with Gasteiger partial charge in [0.05, 0.1) is 31.0 Å². The summed E-state index contributed by atoms with van der Waals surface area (Å²) in [4.78, 5) is 12.8. The molecule has 0 spiro atoms. The van der Waals surface area contributed by atoms with Gasteiger partial charge in [0, 0.05) is 0 Å². The lowest BCUT2D eigenvalue weighted by molar-refractivity contribution is -0.138. The quantitative estimate of drug-likeness (QED) is 0.624. The number of hydrogen-bond donors (Lipinski definition) is 2. The molecule has 1 aliphatic heterocycles. The third kappa shape index (κ3) is 3.70.